The molecule has 5 rings (SSSR count). The van der Waals surface area contributed by atoms with E-state index in [1.807, 2.05) is 42.0 Å². The van der Waals surface area contributed by atoms with E-state index in [1.54, 1.807) is 0 Å². The van der Waals surface area contributed by atoms with Gasteiger partial charge in [-0.15, -0.1) is 0 Å². The third-order valence-electron chi connectivity index (χ3n) is 7.08. The molecule has 0 radical (unpaired) electrons. The zero-order chi connectivity index (χ0) is 19.7. The lowest BCUT2D eigenvalue weighted by Crippen LogP contribution is -2.41. The van der Waals surface area contributed by atoms with Gasteiger partial charge in [-0.2, -0.15) is 5.10 Å². The lowest BCUT2D eigenvalue weighted by molar-refractivity contribution is -0.134. The van der Waals surface area contributed by atoms with E-state index >= 15 is 0 Å². The summed E-state index contributed by atoms with van der Waals surface area (Å²) in [7, 11) is 3.98. The molecule has 148 valence electrons. The van der Waals surface area contributed by atoms with Gasteiger partial charge in [0.15, 0.2) is 0 Å². The van der Waals surface area contributed by atoms with Gasteiger partial charge in [-0.3, -0.25) is 9.48 Å². The normalized spacial score (nSPS) is 29.6. The number of amides is 1. The van der Waals surface area contributed by atoms with Gasteiger partial charge in [0.2, 0.25) is 5.91 Å². The fourth-order valence-electron chi connectivity index (χ4n) is 5.76. The smallest absolute Gasteiger partial charge is 0.226 e. The Morgan fingerprint density at radius 3 is 2.93 bits per heavy atom. The molecule has 0 N–H and O–H groups in total. The second-order valence-electron chi connectivity index (χ2n) is 9.47. The summed E-state index contributed by atoms with van der Waals surface area (Å²) in [5.41, 5.74) is 3.40. The first-order valence-corrected chi connectivity index (χ1v) is 10.4. The van der Waals surface area contributed by atoms with E-state index in [-0.39, 0.29) is 28.9 Å². The molecule has 2 aliphatic carbocycles. The summed E-state index contributed by atoms with van der Waals surface area (Å²) in [5, 5.41) is 4.44. The van der Waals surface area contributed by atoms with E-state index in [0.717, 1.165) is 37.9 Å². The Hall–Kier alpha value is -2.30. The molecule has 1 aliphatic heterocycles. The molecular formula is C23H29N3O2. The monoisotopic (exact) mass is 379 g/mol. The van der Waals surface area contributed by atoms with Crippen LogP contribution in [0.4, 0.5) is 0 Å². The predicted octanol–water partition coefficient (Wildman–Crippen LogP) is 3.77. The summed E-state index contributed by atoms with van der Waals surface area (Å²) in [5.74, 6) is 1.27. The minimum absolute atomic E-state index is 0.0453. The zero-order valence-corrected chi connectivity index (χ0v) is 17.2. The molecule has 5 heteroatoms. The van der Waals surface area contributed by atoms with Crippen molar-refractivity contribution in [3.63, 3.8) is 0 Å². The van der Waals surface area contributed by atoms with Crippen LogP contribution < -0.4 is 4.74 Å². The summed E-state index contributed by atoms with van der Waals surface area (Å²) in [6, 6.07) is 8.42. The summed E-state index contributed by atoms with van der Waals surface area (Å²) in [6.07, 6.45) is 6.95. The van der Waals surface area contributed by atoms with Crippen molar-refractivity contribution in [2.75, 3.05) is 7.05 Å². The van der Waals surface area contributed by atoms with Crippen LogP contribution in [0.15, 0.2) is 30.5 Å². The minimum Gasteiger partial charge on any atom is -0.488 e. The van der Waals surface area contributed by atoms with Crippen LogP contribution in [0.3, 0.4) is 0 Å². The molecule has 2 heterocycles. The highest BCUT2D eigenvalue weighted by Crippen LogP contribution is 2.64. The molecular weight excluding hydrogens is 350 g/mol. The molecule has 1 aromatic heterocycles. The van der Waals surface area contributed by atoms with Crippen molar-refractivity contribution in [1.29, 1.82) is 0 Å². The average molecular weight is 380 g/mol. The average Bonchev–Trinajstić information content (AvgIpc) is 3.23. The van der Waals surface area contributed by atoms with Crippen molar-refractivity contribution in [3.8, 4) is 5.75 Å². The van der Waals surface area contributed by atoms with Crippen molar-refractivity contribution in [3.05, 3.63) is 47.3 Å². The molecule has 0 unspecified atom stereocenters. The lowest BCUT2D eigenvalue weighted by atomic mass is 9.79. The highest BCUT2D eigenvalue weighted by molar-refractivity contribution is 5.85. The van der Waals surface area contributed by atoms with E-state index in [2.05, 4.69) is 31.1 Å². The number of benzene rings is 1. The van der Waals surface area contributed by atoms with Crippen LogP contribution in [-0.2, 0) is 23.7 Å². The number of aromatic nitrogens is 2. The van der Waals surface area contributed by atoms with Gasteiger partial charge >= 0.3 is 0 Å². The Bertz CT molecular complexity index is 947. The molecule has 5 nitrogen and oxygen atoms in total. The van der Waals surface area contributed by atoms with Crippen LogP contribution in [0.5, 0.6) is 5.75 Å². The fraction of sp³-hybridized carbons (Fsp3) is 0.565. The highest BCUT2D eigenvalue weighted by Gasteiger charge is 2.64. The Kier molecular flexibility index (Phi) is 3.71. The van der Waals surface area contributed by atoms with Gasteiger partial charge in [-0.05, 0) is 52.0 Å². The van der Waals surface area contributed by atoms with Gasteiger partial charge in [0.1, 0.15) is 11.4 Å². The van der Waals surface area contributed by atoms with Gasteiger partial charge in [0.05, 0.1) is 12.2 Å². The fourth-order valence-corrected chi connectivity index (χ4v) is 5.76. The molecule has 1 saturated carbocycles. The van der Waals surface area contributed by atoms with E-state index in [9.17, 15) is 4.79 Å². The number of hydrogen-bond acceptors (Lipinski definition) is 3. The first kappa shape index (κ1) is 17.8. The standard InChI is InChI=1S/C23H29N3O2/c1-22(2)14-23(16-8-5-6-11-20(16)28-22)12-17(23)21(27)25(3)18-9-7-10-19-15(18)13-24-26(19)4/h5-6,8,11,13,17-18H,7,9-10,12,14H2,1-4H3/t17-,18-,23+/m1/s1. The van der Waals surface area contributed by atoms with Crippen molar-refractivity contribution < 1.29 is 9.53 Å². The summed E-state index contributed by atoms with van der Waals surface area (Å²) < 4.78 is 8.18. The number of aryl methyl sites for hydroxylation is 1. The number of para-hydroxylation sites is 1. The molecule has 1 amide bonds. The first-order valence-electron chi connectivity index (χ1n) is 10.4. The van der Waals surface area contributed by atoms with Crippen molar-refractivity contribution >= 4 is 5.91 Å². The van der Waals surface area contributed by atoms with Gasteiger partial charge in [0.25, 0.3) is 0 Å². The number of carbonyl (C=O) groups excluding carboxylic acids is 1. The molecule has 28 heavy (non-hydrogen) atoms. The second kappa shape index (κ2) is 5.85. The molecule has 1 aromatic carbocycles. The Labute approximate surface area is 166 Å². The zero-order valence-electron chi connectivity index (χ0n) is 17.2. The van der Waals surface area contributed by atoms with E-state index in [0.29, 0.717) is 0 Å². The molecule has 3 atom stereocenters. The van der Waals surface area contributed by atoms with Gasteiger partial charge in [-0.1, -0.05) is 18.2 Å². The largest absolute Gasteiger partial charge is 0.488 e. The van der Waals surface area contributed by atoms with Crippen LogP contribution in [0.25, 0.3) is 0 Å². The van der Waals surface area contributed by atoms with E-state index in [4.69, 9.17) is 4.74 Å². The maximum atomic E-state index is 13.6. The molecule has 3 aliphatic rings. The number of hydrogen-bond donors (Lipinski definition) is 0. The molecule has 1 fully saturated rings. The van der Waals surface area contributed by atoms with Crippen LogP contribution in [0.1, 0.15) is 62.4 Å². The van der Waals surface area contributed by atoms with Gasteiger partial charge in [-0.25, -0.2) is 0 Å². The SMILES string of the molecule is CN(C(=O)[C@H]1C[C@@]12CC(C)(C)Oc1ccccc12)[C@@H]1CCCc2c1cnn2C. The summed E-state index contributed by atoms with van der Waals surface area (Å²) >= 11 is 0. The Morgan fingerprint density at radius 2 is 2.11 bits per heavy atom. The first-order chi connectivity index (χ1) is 13.3. The summed E-state index contributed by atoms with van der Waals surface area (Å²) in [4.78, 5) is 15.6. The number of fused-ring (bicyclic) bond motifs is 3. The van der Waals surface area contributed by atoms with Crippen molar-refractivity contribution in [2.24, 2.45) is 13.0 Å². The maximum absolute atomic E-state index is 13.6. The Balaban J connectivity index is 1.44. The van der Waals surface area contributed by atoms with Gasteiger partial charge in [0, 0.05) is 42.2 Å². The number of rotatable bonds is 2. The van der Waals surface area contributed by atoms with Crippen LogP contribution in [0.2, 0.25) is 0 Å². The van der Waals surface area contributed by atoms with Crippen molar-refractivity contribution in [1.82, 2.24) is 14.7 Å². The molecule has 0 bridgehead atoms. The van der Waals surface area contributed by atoms with Crippen molar-refractivity contribution in [2.45, 2.75) is 63.0 Å². The van der Waals surface area contributed by atoms with Crippen LogP contribution >= 0.6 is 0 Å². The van der Waals surface area contributed by atoms with Gasteiger partial charge < -0.3 is 9.64 Å². The van der Waals surface area contributed by atoms with Crippen LogP contribution in [-0.4, -0.2) is 33.2 Å². The minimum atomic E-state index is -0.247. The Morgan fingerprint density at radius 1 is 1.32 bits per heavy atom. The number of ether oxygens (including phenoxy) is 1. The third-order valence-corrected chi connectivity index (χ3v) is 7.08. The number of carbonyl (C=O) groups is 1. The topological polar surface area (TPSA) is 47.4 Å². The third kappa shape index (κ3) is 2.51. The molecule has 1 spiro atoms. The molecule has 0 saturated heterocycles. The lowest BCUT2D eigenvalue weighted by Gasteiger charge is -2.39. The maximum Gasteiger partial charge on any atom is 0.226 e. The van der Waals surface area contributed by atoms with E-state index in [1.165, 1.54) is 16.8 Å². The summed E-state index contributed by atoms with van der Waals surface area (Å²) in [6.45, 7) is 4.27. The number of nitrogens with zero attached hydrogens (tertiary/aromatic N) is 3. The second-order valence-corrected chi connectivity index (χ2v) is 9.47. The van der Waals surface area contributed by atoms with Crippen LogP contribution in [0, 0.1) is 5.92 Å². The highest BCUT2D eigenvalue weighted by atomic mass is 16.5. The van der Waals surface area contributed by atoms with E-state index < -0.39 is 0 Å². The quantitative estimate of drug-likeness (QED) is 0.798. The predicted molar refractivity (Wildman–Crippen MR) is 107 cm³/mol. The molecule has 2 aromatic rings.